The van der Waals surface area contributed by atoms with E-state index in [1.54, 1.807) is 0 Å². The highest BCUT2D eigenvalue weighted by Crippen LogP contribution is 2.40. The molecule has 5 atom stereocenters. The summed E-state index contributed by atoms with van der Waals surface area (Å²) in [6.45, 7) is 1.35. The number of rotatable bonds is 3. The zero-order chi connectivity index (χ0) is 20.2. The van der Waals surface area contributed by atoms with Crippen LogP contribution in [0.1, 0.15) is 18.7 Å². The molecule has 28 heavy (non-hydrogen) atoms. The average Bonchev–Trinajstić information content (AvgIpc) is 3.20. The maximum Gasteiger partial charge on any atom is 0.167 e. The van der Waals surface area contributed by atoms with Crippen LogP contribution in [0.25, 0.3) is 11.2 Å². The molecule has 1 aliphatic heterocycles. The highest BCUT2D eigenvalue weighted by Gasteiger charge is 2.52. The molecule has 9 nitrogen and oxygen atoms in total. The topological polar surface area (TPSA) is 140 Å². The van der Waals surface area contributed by atoms with E-state index in [9.17, 15) is 19.7 Å². The number of nitrogens with two attached hydrogens (primary N) is 1. The van der Waals surface area contributed by atoms with Gasteiger partial charge in [-0.2, -0.15) is 0 Å². The zero-order valence-corrected chi connectivity index (χ0v) is 15.3. The van der Waals surface area contributed by atoms with Gasteiger partial charge in [-0.15, -0.1) is 0 Å². The molecule has 1 fully saturated rings. The van der Waals surface area contributed by atoms with E-state index >= 15 is 0 Å². The van der Waals surface area contributed by atoms with E-state index in [0.29, 0.717) is 11.2 Å². The van der Waals surface area contributed by atoms with Gasteiger partial charge in [0.05, 0.1) is 11.3 Å². The summed E-state index contributed by atoms with van der Waals surface area (Å²) in [7, 11) is 0. The molecule has 1 saturated heterocycles. The van der Waals surface area contributed by atoms with Crippen LogP contribution in [0.5, 0.6) is 0 Å². The van der Waals surface area contributed by atoms with Crippen molar-refractivity contribution in [1.82, 2.24) is 19.5 Å². The number of aliphatic hydroxyl groups excluding tert-OH is 2. The van der Waals surface area contributed by atoms with E-state index in [2.05, 4.69) is 15.0 Å². The van der Waals surface area contributed by atoms with Crippen molar-refractivity contribution in [2.45, 2.75) is 37.1 Å². The summed E-state index contributed by atoms with van der Waals surface area (Å²) >= 11 is 5.69. The van der Waals surface area contributed by atoms with E-state index in [0.717, 1.165) is 6.07 Å². The maximum atomic E-state index is 13.8. The second-order valence-electron chi connectivity index (χ2n) is 6.79. The fraction of sp³-hybridized carbons (Fsp3) is 0.353. The number of halogens is 2. The van der Waals surface area contributed by atoms with Gasteiger partial charge in [0.25, 0.3) is 0 Å². The summed E-state index contributed by atoms with van der Waals surface area (Å²) < 4.78 is 21.0. The number of nitrogens with zero attached hydrogens (tertiary/aromatic N) is 4. The maximum absolute atomic E-state index is 13.8. The Morgan fingerprint density at radius 2 is 2.00 bits per heavy atom. The van der Waals surface area contributed by atoms with Crippen molar-refractivity contribution in [2.75, 3.05) is 5.73 Å². The van der Waals surface area contributed by atoms with Gasteiger partial charge in [0, 0.05) is 0 Å². The van der Waals surface area contributed by atoms with Crippen LogP contribution < -0.4 is 5.73 Å². The molecule has 4 rings (SSSR count). The van der Waals surface area contributed by atoms with Crippen LogP contribution >= 0.6 is 11.6 Å². The minimum atomic E-state index is -1.83. The fourth-order valence-corrected chi connectivity index (χ4v) is 3.50. The molecular weight excluding hydrogens is 393 g/mol. The Morgan fingerprint density at radius 3 is 2.71 bits per heavy atom. The molecule has 3 heterocycles. The third-order valence-electron chi connectivity index (χ3n) is 4.96. The highest BCUT2D eigenvalue weighted by molar-refractivity contribution is 6.30. The number of ether oxygens (including phenoxy) is 1. The summed E-state index contributed by atoms with van der Waals surface area (Å²) in [6, 6.07) is 3.76. The van der Waals surface area contributed by atoms with Crippen molar-refractivity contribution in [3.05, 3.63) is 47.3 Å². The average molecular weight is 410 g/mol. The molecule has 0 saturated carbocycles. The summed E-state index contributed by atoms with van der Waals surface area (Å²) in [6.07, 6.45) is -2.70. The van der Waals surface area contributed by atoms with E-state index in [1.807, 2.05) is 0 Å². The predicted octanol–water partition coefficient (Wildman–Crippen LogP) is 0.728. The molecule has 11 heteroatoms. The normalized spacial score (nSPS) is 27.2. The Labute approximate surface area is 163 Å². The van der Waals surface area contributed by atoms with Gasteiger partial charge in [-0.3, -0.25) is 4.57 Å². The first kappa shape index (κ1) is 19.0. The summed E-state index contributed by atoms with van der Waals surface area (Å²) in [5.74, 6) is -0.575. The lowest BCUT2D eigenvalue weighted by atomic mass is 9.86. The molecule has 0 aliphatic carbocycles. The first-order chi connectivity index (χ1) is 13.2. The third-order valence-corrected chi connectivity index (χ3v) is 5.26. The molecule has 0 spiro atoms. The number of aliphatic hydroxyl groups is 3. The van der Waals surface area contributed by atoms with Crippen LogP contribution in [-0.4, -0.2) is 53.2 Å². The van der Waals surface area contributed by atoms with Crippen LogP contribution in [-0.2, 0) is 10.3 Å². The predicted molar refractivity (Wildman–Crippen MR) is 96.6 cm³/mol. The van der Waals surface area contributed by atoms with Gasteiger partial charge < -0.3 is 25.8 Å². The number of nitrogen functional groups attached to an aromatic ring is 1. The van der Waals surface area contributed by atoms with Crippen molar-refractivity contribution in [3.63, 3.8) is 0 Å². The smallest absolute Gasteiger partial charge is 0.167 e. The molecule has 3 aromatic rings. The standard InChI is InChI=1S/C17H17ClFN5O4/c1-17(27,7-2-3-8(18)9(19)4-7)13-11(25)12(26)16(28-13)24-6-23-10-14(20)21-5-22-15(10)24/h2-6,11-13,16,25-27H,1H3,(H2,20,21,22)/t11-,12+,13-,16+,17?/m0/s1. The molecule has 148 valence electrons. The fourth-order valence-electron chi connectivity index (χ4n) is 3.39. The lowest BCUT2D eigenvalue weighted by molar-refractivity contribution is -0.136. The van der Waals surface area contributed by atoms with Gasteiger partial charge >= 0.3 is 0 Å². The monoisotopic (exact) mass is 409 g/mol. The van der Waals surface area contributed by atoms with Gasteiger partial charge in [-0.05, 0) is 24.6 Å². The second kappa shape index (κ2) is 6.61. The van der Waals surface area contributed by atoms with Crippen molar-refractivity contribution in [2.24, 2.45) is 0 Å². The highest BCUT2D eigenvalue weighted by atomic mass is 35.5. The Hall–Kier alpha value is -2.37. The molecule has 1 aromatic carbocycles. The molecule has 0 radical (unpaired) electrons. The Morgan fingerprint density at radius 1 is 1.25 bits per heavy atom. The zero-order valence-electron chi connectivity index (χ0n) is 14.6. The molecule has 2 aromatic heterocycles. The van der Waals surface area contributed by atoms with Crippen LogP contribution in [0.3, 0.4) is 0 Å². The minimum Gasteiger partial charge on any atom is -0.387 e. The Bertz CT molecular complexity index is 1050. The van der Waals surface area contributed by atoms with E-state index < -0.39 is 36.0 Å². The second-order valence-corrected chi connectivity index (χ2v) is 7.20. The van der Waals surface area contributed by atoms with Gasteiger partial charge in [0.1, 0.15) is 41.6 Å². The van der Waals surface area contributed by atoms with E-state index in [-0.39, 0.29) is 16.4 Å². The summed E-state index contributed by atoms with van der Waals surface area (Å²) in [5.41, 5.74) is 4.67. The molecular formula is C17H17ClFN5O4. The van der Waals surface area contributed by atoms with Crippen molar-refractivity contribution in [3.8, 4) is 0 Å². The van der Waals surface area contributed by atoms with Gasteiger partial charge in [0.2, 0.25) is 0 Å². The first-order valence-electron chi connectivity index (χ1n) is 8.34. The van der Waals surface area contributed by atoms with Crippen LogP contribution in [0, 0.1) is 5.82 Å². The molecule has 1 aliphatic rings. The van der Waals surface area contributed by atoms with Crippen molar-refractivity contribution in [1.29, 1.82) is 0 Å². The largest absolute Gasteiger partial charge is 0.387 e. The lowest BCUT2D eigenvalue weighted by Crippen LogP contribution is -2.45. The Kier molecular flexibility index (Phi) is 4.47. The van der Waals surface area contributed by atoms with Gasteiger partial charge in [0.15, 0.2) is 17.7 Å². The lowest BCUT2D eigenvalue weighted by Gasteiger charge is -2.32. The van der Waals surface area contributed by atoms with Crippen LogP contribution in [0.2, 0.25) is 5.02 Å². The first-order valence-corrected chi connectivity index (χ1v) is 8.72. The number of hydrogen-bond acceptors (Lipinski definition) is 8. The van der Waals surface area contributed by atoms with E-state index in [4.69, 9.17) is 22.1 Å². The summed E-state index contributed by atoms with van der Waals surface area (Å²) in [5, 5.41) is 31.9. The van der Waals surface area contributed by atoms with Gasteiger partial charge in [-0.25, -0.2) is 19.3 Å². The minimum absolute atomic E-state index is 0.104. The number of aromatic nitrogens is 4. The molecule has 0 bridgehead atoms. The summed E-state index contributed by atoms with van der Waals surface area (Å²) in [4.78, 5) is 12.0. The number of imidazole rings is 1. The van der Waals surface area contributed by atoms with Gasteiger partial charge in [-0.1, -0.05) is 17.7 Å². The van der Waals surface area contributed by atoms with Crippen molar-refractivity contribution < 1.29 is 24.4 Å². The number of fused-ring (bicyclic) bond motifs is 1. The van der Waals surface area contributed by atoms with E-state index in [1.165, 1.54) is 36.3 Å². The van der Waals surface area contributed by atoms with Crippen LogP contribution in [0.15, 0.2) is 30.9 Å². The quantitative estimate of drug-likeness (QED) is 0.496. The SMILES string of the molecule is CC(O)(c1ccc(Cl)c(F)c1)[C@H]1O[C@@H](n2cnc3c(N)ncnc32)[C@H](O)[C@@H]1O. The molecule has 1 unspecified atom stereocenters. The number of anilines is 1. The Balaban J connectivity index is 1.71. The number of benzene rings is 1. The van der Waals surface area contributed by atoms with Crippen LogP contribution in [0.4, 0.5) is 10.2 Å². The molecule has 0 amide bonds. The third kappa shape index (κ3) is 2.81. The molecule has 5 N–H and O–H groups in total. The number of hydrogen-bond donors (Lipinski definition) is 4. The van der Waals surface area contributed by atoms with Crippen molar-refractivity contribution >= 4 is 28.6 Å².